The van der Waals surface area contributed by atoms with Gasteiger partial charge in [0, 0.05) is 37.5 Å². The van der Waals surface area contributed by atoms with E-state index < -0.39 is 35.9 Å². The first-order chi connectivity index (χ1) is 17.2. The summed E-state index contributed by atoms with van der Waals surface area (Å²) in [7, 11) is 0. The third kappa shape index (κ3) is 5.68. The van der Waals surface area contributed by atoms with Gasteiger partial charge in [-0.2, -0.15) is 0 Å². The minimum Gasteiger partial charge on any atom is -1.00 e. The van der Waals surface area contributed by atoms with E-state index in [1.54, 1.807) is 30.3 Å². The molecule has 8 nitrogen and oxygen atoms in total. The van der Waals surface area contributed by atoms with Crippen LogP contribution in [0.1, 0.15) is 37.7 Å². The second-order valence-electron chi connectivity index (χ2n) is 10.5. The number of carbonyl (C=O) groups is 2. The third-order valence-electron chi connectivity index (χ3n) is 8.14. The van der Waals surface area contributed by atoms with E-state index >= 15 is 0 Å². The molecule has 4 fully saturated rings. The molecule has 1 aromatic heterocycles. The van der Waals surface area contributed by atoms with Crippen molar-refractivity contribution in [2.24, 2.45) is 11.8 Å². The molecule has 3 aliphatic heterocycles. The lowest BCUT2D eigenvalue weighted by Crippen LogP contribution is -3.00. The quantitative estimate of drug-likeness (QED) is 0.350. The van der Waals surface area contributed by atoms with Gasteiger partial charge in [0.25, 0.3) is 5.91 Å². The van der Waals surface area contributed by atoms with Crippen molar-refractivity contribution < 1.29 is 49.7 Å². The summed E-state index contributed by atoms with van der Waals surface area (Å²) in [6, 6.07) is 8.25. The molecule has 2 bridgehead atoms. The van der Waals surface area contributed by atoms with Gasteiger partial charge in [-0.1, -0.05) is 30.3 Å². The minimum atomic E-state index is -2.92. The average molecular weight is 581 g/mol. The van der Waals surface area contributed by atoms with Crippen molar-refractivity contribution in [2.75, 3.05) is 31.5 Å². The second-order valence-corrected chi connectivity index (χ2v) is 10.5. The molecule has 6 rings (SSSR count). The van der Waals surface area contributed by atoms with Crippen molar-refractivity contribution in [3.05, 3.63) is 54.6 Å². The normalized spacial score (nSPS) is 29.5. The summed E-state index contributed by atoms with van der Waals surface area (Å²) in [5.41, 5.74) is -1.37. The molecule has 11 heteroatoms. The molecule has 1 aliphatic carbocycles. The first kappa shape index (κ1) is 27.5. The lowest BCUT2D eigenvalue weighted by atomic mass is 9.79. The van der Waals surface area contributed by atoms with Crippen LogP contribution in [0.3, 0.4) is 0 Å². The first-order valence-corrected chi connectivity index (χ1v) is 12.5. The van der Waals surface area contributed by atoms with Gasteiger partial charge >= 0.3 is 5.97 Å². The average Bonchev–Trinajstić information content (AvgIpc) is 3.25. The maximum Gasteiger partial charge on any atom is 0.343 e. The van der Waals surface area contributed by atoms with Gasteiger partial charge < -0.3 is 36.6 Å². The second kappa shape index (κ2) is 10.7. The molecule has 37 heavy (non-hydrogen) atoms. The van der Waals surface area contributed by atoms with Gasteiger partial charge in [-0.15, -0.1) is 0 Å². The number of anilines is 1. The van der Waals surface area contributed by atoms with Crippen LogP contribution in [0.25, 0.3) is 0 Å². The zero-order valence-electron chi connectivity index (χ0n) is 20.4. The molecule has 2 unspecified atom stereocenters. The number of aliphatic hydroxyl groups is 1. The predicted molar refractivity (Wildman–Crippen MR) is 126 cm³/mol. The molecular formula is C26H31BrF2N4O4. The molecule has 0 spiro atoms. The molecular weight excluding hydrogens is 550 g/mol. The highest BCUT2D eigenvalue weighted by Crippen LogP contribution is 2.48. The van der Waals surface area contributed by atoms with Crippen LogP contribution in [-0.4, -0.2) is 69.6 Å². The number of ether oxygens (including phenoxy) is 1. The van der Waals surface area contributed by atoms with Crippen LogP contribution in [0.5, 0.6) is 0 Å². The molecule has 1 saturated carbocycles. The lowest BCUT2D eigenvalue weighted by Gasteiger charge is -2.52. The van der Waals surface area contributed by atoms with Gasteiger partial charge in [0.05, 0.1) is 31.2 Å². The number of rotatable bonds is 7. The number of benzene rings is 1. The third-order valence-corrected chi connectivity index (χ3v) is 8.14. The zero-order chi connectivity index (χ0) is 25.4. The Bertz CT molecular complexity index is 1100. The summed E-state index contributed by atoms with van der Waals surface area (Å²) in [6.07, 6.45) is 4.60. The van der Waals surface area contributed by atoms with Gasteiger partial charge in [0.2, 0.25) is 5.92 Å². The summed E-state index contributed by atoms with van der Waals surface area (Å²) < 4.78 is 34.6. The number of amides is 1. The summed E-state index contributed by atoms with van der Waals surface area (Å²) in [5, 5.41) is 14.5. The van der Waals surface area contributed by atoms with E-state index in [1.807, 2.05) is 0 Å². The highest BCUT2D eigenvalue weighted by Gasteiger charge is 2.56. The minimum absolute atomic E-state index is 0. The Morgan fingerprint density at radius 1 is 1.14 bits per heavy atom. The Hall–Kier alpha value is -2.50. The van der Waals surface area contributed by atoms with E-state index in [9.17, 15) is 23.5 Å². The van der Waals surface area contributed by atoms with Crippen LogP contribution in [0, 0.1) is 11.8 Å². The van der Waals surface area contributed by atoms with Crippen LogP contribution in [0.15, 0.2) is 49.1 Å². The Morgan fingerprint density at radius 3 is 2.43 bits per heavy atom. The van der Waals surface area contributed by atoms with Crippen molar-refractivity contribution in [3.8, 4) is 0 Å². The number of nitrogens with one attached hydrogen (secondary N) is 1. The summed E-state index contributed by atoms with van der Waals surface area (Å²) >= 11 is 0. The number of quaternary nitrogens is 1. The standard InChI is InChI=1S/C26H30F2N4O4.BrH/c27-25(28)9-6-20(12-25)26(35,19-4-2-1-3-5-19)24(34)36-22-15-32(10-7-18(22)8-11-32)16-23(33)31-21-13-29-17-30-14-21;/h1-5,13-14,17-18,20,22,35H,6-12,15-16H2;1H/t18?,20?,22?,26-,32?;/m0./s1. The number of hydrogen-bond acceptors (Lipinski definition) is 6. The molecule has 0 radical (unpaired) electrons. The van der Waals surface area contributed by atoms with E-state index in [2.05, 4.69) is 15.3 Å². The van der Waals surface area contributed by atoms with Gasteiger partial charge in [-0.3, -0.25) is 4.79 Å². The van der Waals surface area contributed by atoms with Gasteiger partial charge in [0.15, 0.2) is 18.2 Å². The van der Waals surface area contributed by atoms with Crippen molar-refractivity contribution >= 4 is 17.6 Å². The van der Waals surface area contributed by atoms with Crippen LogP contribution in [0.4, 0.5) is 14.5 Å². The molecule has 4 aliphatic rings. The van der Waals surface area contributed by atoms with Crippen LogP contribution >= 0.6 is 0 Å². The number of halogens is 3. The number of alkyl halides is 2. The zero-order valence-corrected chi connectivity index (χ0v) is 21.9. The fourth-order valence-corrected chi connectivity index (χ4v) is 6.19. The Morgan fingerprint density at radius 2 is 1.81 bits per heavy atom. The SMILES string of the molecule is O=C(C[N+]12CCC(CC1)C(OC(=O)[C@](O)(c1ccccc1)C1CCC(F)(F)C1)C2)Nc1cncnc1.[Br-]. The van der Waals surface area contributed by atoms with Gasteiger partial charge in [-0.05, 0) is 12.0 Å². The number of hydrogen-bond donors (Lipinski definition) is 2. The number of aromatic nitrogens is 2. The molecule has 200 valence electrons. The fraction of sp³-hybridized carbons (Fsp3) is 0.538. The van der Waals surface area contributed by atoms with E-state index in [1.165, 1.54) is 18.7 Å². The number of carbonyl (C=O) groups excluding carboxylic acids is 2. The highest BCUT2D eigenvalue weighted by molar-refractivity contribution is 5.91. The smallest absolute Gasteiger partial charge is 0.343 e. The Balaban J connectivity index is 0.00000320. The largest absolute Gasteiger partial charge is 1.00 e. The van der Waals surface area contributed by atoms with Gasteiger partial charge in [-0.25, -0.2) is 23.5 Å². The summed E-state index contributed by atoms with van der Waals surface area (Å²) in [5.74, 6) is -4.80. The summed E-state index contributed by atoms with van der Waals surface area (Å²) in [4.78, 5) is 34.1. The maximum atomic E-state index is 14.1. The first-order valence-electron chi connectivity index (χ1n) is 12.5. The lowest BCUT2D eigenvalue weighted by molar-refractivity contribution is -0.939. The van der Waals surface area contributed by atoms with E-state index in [-0.39, 0.29) is 53.8 Å². The van der Waals surface area contributed by atoms with Crippen molar-refractivity contribution in [2.45, 2.75) is 49.7 Å². The van der Waals surface area contributed by atoms with Crippen LogP contribution in [-0.2, 0) is 19.9 Å². The molecule has 3 atom stereocenters. The van der Waals surface area contributed by atoms with Crippen molar-refractivity contribution in [1.29, 1.82) is 0 Å². The fourth-order valence-electron chi connectivity index (χ4n) is 6.19. The van der Waals surface area contributed by atoms with Gasteiger partial charge in [0.1, 0.15) is 12.9 Å². The predicted octanol–water partition coefficient (Wildman–Crippen LogP) is -0.105. The maximum absolute atomic E-state index is 14.1. The molecule has 3 saturated heterocycles. The molecule has 4 heterocycles. The molecule has 2 N–H and O–H groups in total. The molecule has 1 aromatic carbocycles. The van der Waals surface area contributed by atoms with E-state index in [0.29, 0.717) is 16.7 Å². The number of fused-ring (bicyclic) bond motifs is 3. The van der Waals surface area contributed by atoms with Crippen molar-refractivity contribution in [1.82, 2.24) is 9.97 Å². The number of esters is 1. The monoisotopic (exact) mass is 580 g/mol. The summed E-state index contributed by atoms with van der Waals surface area (Å²) in [6.45, 7) is 2.23. The van der Waals surface area contributed by atoms with E-state index in [4.69, 9.17) is 4.74 Å². The topological polar surface area (TPSA) is 101 Å². The Labute approximate surface area is 224 Å². The van der Waals surface area contributed by atoms with E-state index in [0.717, 1.165) is 25.9 Å². The van der Waals surface area contributed by atoms with Crippen molar-refractivity contribution in [3.63, 3.8) is 0 Å². The number of nitrogens with zero attached hydrogens (tertiary/aromatic N) is 3. The van der Waals surface area contributed by atoms with Crippen LogP contribution in [0.2, 0.25) is 0 Å². The number of piperidine rings is 3. The van der Waals surface area contributed by atoms with Crippen LogP contribution < -0.4 is 22.3 Å². The molecule has 1 amide bonds. The molecule has 2 aromatic rings. The highest BCUT2D eigenvalue weighted by atomic mass is 79.9. The Kier molecular flexibility index (Phi) is 7.96.